The Labute approximate surface area is 170 Å². The highest BCUT2D eigenvalue weighted by Gasteiger charge is 2.21. The van der Waals surface area contributed by atoms with Gasteiger partial charge in [-0.2, -0.15) is 0 Å². The average molecular weight is 373 g/mol. The van der Waals surface area contributed by atoms with Crippen LogP contribution in [0.1, 0.15) is 93.6 Å². The van der Waals surface area contributed by atoms with E-state index in [9.17, 15) is 0 Å². The molecule has 0 radical (unpaired) electrons. The largest absolute Gasteiger partial charge is 0.229 e. The molecule has 0 spiro atoms. The van der Waals surface area contributed by atoms with Gasteiger partial charge in [-0.1, -0.05) is 63.3 Å². The zero-order valence-corrected chi connectivity index (χ0v) is 17.3. The van der Waals surface area contributed by atoms with Crippen LogP contribution >= 0.6 is 0 Å². The van der Waals surface area contributed by atoms with Crippen LogP contribution in [0, 0.1) is 17.8 Å². The van der Waals surface area contributed by atoms with E-state index in [1.54, 1.807) is 0 Å². The maximum absolute atomic E-state index is 4.35. The SMILES string of the molecule is CCCC=Cc1cnc(C#Cc2ccc(C3CCC(CCC)CC3)cc2)nc1. The van der Waals surface area contributed by atoms with Crippen LogP contribution in [0.2, 0.25) is 0 Å². The molecule has 0 unspecified atom stereocenters. The van der Waals surface area contributed by atoms with Crippen molar-refractivity contribution in [2.45, 2.75) is 71.1 Å². The molecule has 1 saturated carbocycles. The summed E-state index contributed by atoms with van der Waals surface area (Å²) in [5.41, 5.74) is 3.52. The Morgan fingerprint density at radius 3 is 2.29 bits per heavy atom. The highest BCUT2D eigenvalue weighted by atomic mass is 14.8. The minimum Gasteiger partial charge on any atom is -0.229 e. The average Bonchev–Trinajstić information content (AvgIpc) is 2.75. The first-order valence-corrected chi connectivity index (χ1v) is 10.9. The highest BCUT2D eigenvalue weighted by Crippen LogP contribution is 2.37. The van der Waals surface area contributed by atoms with Gasteiger partial charge in [0.05, 0.1) is 0 Å². The summed E-state index contributed by atoms with van der Waals surface area (Å²) < 4.78 is 0. The molecule has 3 rings (SSSR count). The minimum atomic E-state index is 0.575. The van der Waals surface area contributed by atoms with Gasteiger partial charge in [0.2, 0.25) is 5.82 Å². The summed E-state index contributed by atoms with van der Waals surface area (Å²) in [6, 6.07) is 8.80. The van der Waals surface area contributed by atoms with Crippen molar-refractivity contribution in [3.8, 4) is 11.8 Å². The fourth-order valence-electron chi connectivity index (χ4n) is 4.03. The van der Waals surface area contributed by atoms with Gasteiger partial charge in [-0.05, 0) is 67.6 Å². The fourth-order valence-corrected chi connectivity index (χ4v) is 4.03. The van der Waals surface area contributed by atoms with Crippen LogP contribution in [0.5, 0.6) is 0 Å². The Hall–Kier alpha value is -2.40. The molecule has 0 saturated heterocycles. The van der Waals surface area contributed by atoms with Crippen LogP contribution < -0.4 is 0 Å². The molecule has 0 aliphatic heterocycles. The Balaban J connectivity index is 1.56. The van der Waals surface area contributed by atoms with Crippen LogP contribution in [0.4, 0.5) is 0 Å². The first kappa shape index (κ1) is 20.3. The van der Waals surface area contributed by atoms with Crippen molar-refractivity contribution in [2.75, 3.05) is 0 Å². The van der Waals surface area contributed by atoms with Crippen LogP contribution in [0.25, 0.3) is 6.08 Å². The number of unbranched alkanes of at least 4 members (excludes halogenated alkanes) is 1. The third-order valence-corrected chi connectivity index (χ3v) is 5.68. The van der Waals surface area contributed by atoms with Gasteiger partial charge < -0.3 is 0 Å². The molecule has 1 aliphatic carbocycles. The van der Waals surface area contributed by atoms with E-state index in [1.165, 1.54) is 44.1 Å². The summed E-state index contributed by atoms with van der Waals surface area (Å²) in [6.45, 7) is 4.47. The maximum atomic E-state index is 4.35. The number of benzene rings is 1. The molecule has 1 heterocycles. The maximum Gasteiger partial charge on any atom is 0.205 e. The number of nitrogens with zero attached hydrogens (tertiary/aromatic N) is 2. The number of hydrogen-bond acceptors (Lipinski definition) is 2. The van der Waals surface area contributed by atoms with E-state index >= 15 is 0 Å². The van der Waals surface area contributed by atoms with Crippen LogP contribution in [-0.2, 0) is 0 Å². The smallest absolute Gasteiger partial charge is 0.205 e. The molecule has 0 atom stereocenters. The lowest BCUT2D eigenvalue weighted by molar-refractivity contribution is 0.308. The van der Waals surface area contributed by atoms with E-state index in [0.29, 0.717) is 5.82 Å². The van der Waals surface area contributed by atoms with Gasteiger partial charge >= 0.3 is 0 Å². The zero-order valence-electron chi connectivity index (χ0n) is 17.3. The van der Waals surface area contributed by atoms with Crippen LogP contribution in [-0.4, -0.2) is 9.97 Å². The standard InChI is InChI=1S/C26H32N2/c1-3-5-6-8-23-19-27-26(28-20-23)18-13-22-11-16-25(17-12-22)24-14-9-21(7-4-2)10-15-24/h6,8,11-12,16-17,19-21,24H,3-5,7,9-10,14-15H2,1-2H3. The lowest BCUT2D eigenvalue weighted by atomic mass is 9.77. The third kappa shape index (κ3) is 6.06. The van der Waals surface area contributed by atoms with Crippen molar-refractivity contribution in [1.82, 2.24) is 9.97 Å². The van der Waals surface area contributed by atoms with Gasteiger partial charge in [0.1, 0.15) is 0 Å². The zero-order chi connectivity index (χ0) is 19.6. The molecule has 2 nitrogen and oxygen atoms in total. The summed E-state index contributed by atoms with van der Waals surface area (Å²) in [6.07, 6.45) is 18.3. The Bertz CT molecular complexity index is 798. The summed E-state index contributed by atoms with van der Waals surface area (Å²) in [7, 11) is 0. The molecule has 146 valence electrons. The monoisotopic (exact) mass is 372 g/mol. The van der Waals surface area contributed by atoms with Crippen LogP contribution in [0.15, 0.2) is 42.7 Å². The van der Waals surface area contributed by atoms with Crippen molar-refractivity contribution < 1.29 is 0 Å². The van der Waals surface area contributed by atoms with Crippen molar-refractivity contribution in [3.05, 3.63) is 65.2 Å². The Morgan fingerprint density at radius 1 is 0.929 bits per heavy atom. The van der Waals surface area contributed by atoms with Gasteiger partial charge in [0, 0.05) is 23.5 Å². The first-order chi connectivity index (χ1) is 13.8. The molecule has 2 heteroatoms. The molecule has 1 aromatic heterocycles. The number of rotatable bonds is 6. The number of aromatic nitrogens is 2. The second kappa shape index (κ2) is 10.8. The summed E-state index contributed by atoms with van der Waals surface area (Å²) in [5.74, 6) is 8.53. The molecule has 1 aliphatic rings. The lowest BCUT2D eigenvalue weighted by Crippen LogP contribution is -2.13. The van der Waals surface area contributed by atoms with Gasteiger partial charge in [-0.15, -0.1) is 0 Å². The molecule has 28 heavy (non-hydrogen) atoms. The topological polar surface area (TPSA) is 25.8 Å². The van der Waals surface area contributed by atoms with Gasteiger partial charge in [-0.3, -0.25) is 0 Å². The van der Waals surface area contributed by atoms with E-state index in [-0.39, 0.29) is 0 Å². The molecule has 1 fully saturated rings. The van der Waals surface area contributed by atoms with Gasteiger partial charge in [0.25, 0.3) is 0 Å². The first-order valence-electron chi connectivity index (χ1n) is 10.9. The second-order valence-electron chi connectivity index (χ2n) is 7.91. The predicted octanol–water partition coefficient (Wildman–Crippen LogP) is 6.76. The summed E-state index contributed by atoms with van der Waals surface area (Å²) in [5, 5.41) is 0. The van der Waals surface area contributed by atoms with Crippen molar-refractivity contribution in [2.24, 2.45) is 5.92 Å². The van der Waals surface area contributed by atoms with E-state index in [4.69, 9.17) is 0 Å². The summed E-state index contributed by atoms with van der Waals surface area (Å²) >= 11 is 0. The Kier molecular flexibility index (Phi) is 7.85. The number of hydrogen-bond donors (Lipinski definition) is 0. The van der Waals surface area contributed by atoms with Gasteiger partial charge in [0.15, 0.2) is 0 Å². The van der Waals surface area contributed by atoms with Crippen molar-refractivity contribution in [3.63, 3.8) is 0 Å². The van der Waals surface area contributed by atoms with E-state index in [0.717, 1.165) is 35.8 Å². The molecule has 0 amide bonds. The second-order valence-corrected chi connectivity index (χ2v) is 7.91. The quantitative estimate of drug-likeness (QED) is 0.523. The fraction of sp³-hybridized carbons (Fsp3) is 0.462. The molecular weight excluding hydrogens is 340 g/mol. The molecule has 2 aromatic rings. The van der Waals surface area contributed by atoms with Crippen molar-refractivity contribution >= 4 is 6.08 Å². The van der Waals surface area contributed by atoms with E-state index < -0.39 is 0 Å². The number of allylic oxidation sites excluding steroid dienone is 1. The van der Waals surface area contributed by atoms with Crippen molar-refractivity contribution in [1.29, 1.82) is 0 Å². The van der Waals surface area contributed by atoms with Crippen LogP contribution in [0.3, 0.4) is 0 Å². The lowest BCUT2D eigenvalue weighted by Gasteiger charge is -2.28. The molecular formula is C26H32N2. The normalized spacial score (nSPS) is 19.4. The Morgan fingerprint density at radius 2 is 1.64 bits per heavy atom. The molecule has 0 bridgehead atoms. The predicted molar refractivity (Wildman–Crippen MR) is 118 cm³/mol. The van der Waals surface area contributed by atoms with E-state index in [2.05, 4.69) is 72.1 Å². The van der Waals surface area contributed by atoms with Gasteiger partial charge in [-0.25, -0.2) is 9.97 Å². The van der Waals surface area contributed by atoms with E-state index in [1.807, 2.05) is 12.4 Å². The highest BCUT2D eigenvalue weighted by molar-refractivity contribution is 5.47. The molecule has 0 N–H and O–H groups in total. The third-order valence-electron chi connectivity index (χ3n) is 5.68. The minimum absolute atomic E-state index is 0.575. The molecule has 1 aromatic carbocycles. The summed E-state index contributed by atoms with van der Waals surface area (Å²) in [4.78, 5) is 8.70.